The lowest BCUT2D eigenvalue weighted by Gasteiger charge is -2.22. The van der Waals surface area contributed by atoms with Crippen molar-refractivity contribution in [3.8, 4) is 22.3 Å². The van der Waals surface area contributed by atoms with Gasteiger partial charge in [-0.25, -0.2) is 0 Å². The molecule has 0 radical (unpaired) electrons. The van der Waals surface area contributed by atoms with Gasteiger partial charge in [0.25, 0.3) is 0 Å². The van der Waals surface area contributed by atoms with Crippen molar-refractivity contribution in [1.82, 2.24) is 0 Å². The molecule has 0 heterocycles. The van der Waals surface area contributed by atoms with Gasteiger partial charge in [0.1, 0.15) is 0 Å². The van der Waals surface area contributed by atoms with Gasteiger partial charge in [-0.3, -0.25) is 0 Å². The van der Waals surface area contributed by atoms with Gasteiger partial charge in [0.15, 0.2) is 0 Å². The Morgan fingerprint density at radius 1 is 0.500 bits per heavy atom. The van der Waals surface area contributed by atoms with E-state index >= 15 is 0 Å². The molecule has 6 rings (SSSR count). The van der Waals surface area contributed by atoms with Crippen molar-refractivity contribution < 1.29 is 0 Å². The molecule has 0 aromatic heterocycles. The lowest BCUT2D eigenvalue weighted by atomic mass is 9.82. The van der Waals surface area contributed by atoms with E-state index in [0.29, 0.717) is 0 Å². The van der Waals surface area contributed by atoms with Crippen LogP contribution in [0.15, 0.2) is 97.1 Å². The van der Waals surface area contributed by atoms with E-state index in [1.54, 1.807) is 11.1 Å². The molecule has 0 saturated carbocycles. The molecule has 0 atom stereocenters. The van der Waals surface area contributed by atoms with Gasteiger partial charge in [-0.15, -0.1) is 0 Å². The minimum Gasteiger partial charge on any atom is -0.0622 e. The van der Waals surface area contributed by atoms with E-state index < -0.39 is 0 Å². The zero-order valence-electron chi connectivity index (χ0n) is 17.1. The van der Waals surface area contributed by atoms with Crippen LogP contribution < -0.4 is 0 Å². The van der Waals surface area contributed by atoms with Crippen molar-refractivity contribution in [3.05, 3.63) is 108 Å². The Morgan fingerprint density at radius 2 is 1.23 bits per heavy atom. The molecule has 0 saturated heterocycles. The molecule has 0 bridgehead atoms. The highest BCUT2D eigenvalue weighted by Gasteiger charge is 2.19. The quantitative estimate of drug-likeness (QED) is 0.269. The molecule has 0 aliphatic heterocycles. The smallest absolute Gasteiger partial charge is 0.00639 e. The third-order valence-electron chi connectivity index (χ3n) is 6.65. The molecule has 144 valence electrons. The van der Waals surface area contributed by atoms with Crippen LogP contribution in [-0.4, -0.2) is 0 Å². The van der Waals surface area contributed by atoms with Crippen molar-refractivity contribution in [2.75, 3.05) is 0 Å². The van der Waals surface area contributed by atoms with E-state index in [4.69, 9.17) is 0 Å². The lowest BCUT2D eigenvalue weighted by molar-refractivity contribution is 0.690. The Balaban J connectivity index is 1.76. The molecule has 30 heavy (non-hydrogen) atoms. The maximum absolute atomic E-state index is 2.42. The number of fused-ring (bicyclic) bond motifs is 5. The summed E-state index contributed by atoms with van der Waals surface area (Å²) in [7, 11) is 0. The van der Waals surface area contributed by atoms with E-state index in [2.05, 4.69) is 97.1 Å². The second kappa shape index (κ2) is 7.15. The largest absolute Gasteiger partial charge is 0.0622 e. The maximum Gasteiger partial charge on any atom is -0.00639 e. The first kappa shape index (κ1) is 17.5. The fourth-order valence-electron chi connectivity index (χ4n) is 5.26. The normalized spacial score (nSPS) is 13.5. The first-order valence-corrected chi connectivity index (χ1v) is 11.0. The van der Waals surface area contributed by atoms with Crippen molar-refractivity contribution in [2.45, 2.75) is 25.7 Å². The molecule has 1 aliphatic carbocycles. The zero-order valence-corrected chi connectivity index (χ0v) is 17.1. The minimum absolute atomic E-state index is 1.19. The summed E-state index contributed by atoms with van der Waals surface area (Å²) in [6, 6.07) is 35.7. The van der Waals surface area contributed by atoms with Crippen LogP contribution in [-0.2, 0) is 12.8 Å². The summed E-state index contributed by atoms with van der Waals surface area (Å²) in [5.41, 5.74) is 8.41. The van der Waals surface area contributed by atoms with Crippen molar-refractivity contribution >= 4 is 21.5 Å². The predicted molar refractivity (Wildman–Crippen MR) is 129 cm³/mol. The average molecular weight is 385 g/mol. The van der Waals surface area contributed by atoms with E-state index in [0.717, 1.165) is 0 Å². The van der Waals surface area contributed by atoms with E-state index in [1.165, 1.54) is 69.5 Å². The molecule has 0 heteroatoms. The monoisotopic (exact) mass is 384 g/mol. The molecule has 0 fully saturated rings. The van der Waals surface area contributed by atoms with Crippen LogP contribution in [0.4, 0.5) is 0 Å². The minimum atomic E-state index is 1.19. The molecule has 0 nitrogen and oxygen atoms in total. The lowest BCUT2D eigenvalue weighted by Crippen LogP contribution is -2.04. The topological polar surface area (TPSA) is 0 Å². The Morgan fingerprint density at radius 3 is 2.13 bits per heavy atom. The molecular formula is C30H24. The molecular weight excluding hydrogens is 360 g/mol. The standard InChI is InChI=1S/C30H24/c1-2-10-21(11-3-1)24-14-8-9-17-27(24)29-20-23-13-5-6-15-25(23)28-19-18-22-12-4-7-16-26(22)30(28)29/h1-3,5-6,8-11,13-15,17-20H,4,7,12,16H2. The summed E-state index contributed by atoms with van der Waals surface area (Å²) in [6.07, 6.45) is 4.99. The van der Waals surface area contributed by atoms with Crippen LogP contribution in [0, 0.1) is 0 Å². The fraction of sp³-hybridized carbons (Fsp3) is 0.133. The maximum atomic E-state index is 2.42. The highest BCUT2D eigenvalue weighted by Crippen LogP contribution is 2.42. The number of benzene rings is 5. The van der Waals surface area contributed by atoms with Gasteiger partial charge in [0.05, 0.1) is 0 Å². The van der Waals surface area contributed by atoms with Crippen LogP contribution in [0.1, 0.15) is 24.0 Å². The van der Waals surface area contributed by atoms with Gasteiger partial charge in [-0.05, 0) is 86.7 Å². The fourth-order valence-corrected chi connectivity index (χ4v) is 5.26. The molecule has 0 unspecified atom stereocenters. The molecule has 5 aromatic rings. The summed E-state index contributed by atoms with van der Waals surface area (Å²) in [5.74, 6) is 0. The summed E-state index contributed by atoms with van der Waals surface area (Å²) in [5, 5.41) is 5.54. The van der Waals surface area contributed by atoms with Gasteiger partial charge in [0.2, 0.25) is 0 Å². The third-order valence-corrected chi connectivity index (χ3v) is 6.65. The SMILES string of the molecule is c1ccc(-c2ccccc2-c2cc3ccccc3c3ccc4c(c23)CCCC4)cc1. The summed E-state index contributed by atoms with van der Waals surface area (Å²) in [6.45, 7) is 0. The second-order valence-corrected chi connectivity index (χ2v) is 8.39. The molecule has 1 aliphatic rings. The number of rotatable bonds is 2. The third kappa shape index (κ3) is 2.75. The van der Waals surface area contributed by atoms with Crippen LogP contribution in [0.3, 0.4) is 0 Å². The van der Waals surface area contributed by atoms with Crippen molar-refractivity contribution in [2.24, 2.45) is 0 Å². The molecule has 0 amide bonds. The highest BCUT2D eigenvalue weighted by atomic mass is 14.2. The Labute approximate surface area is 177 Å². The first-order valence-electron chi connectivity index (χ1n) is 11.0. The van der Waals surface area contributed by atoms with Crippen molar-refractivity contribution in [3.63, 3.8) is 0 Å². The summed E-state index contributed by atoms with van der Waals surface area (Å²) in [4.78, 5) is 0. The number of hydrogen-bond donors (Lipinski definition) is 0. The van der Waals surface area contributed by atoms with E-state index in [-0.39, 0.29) is 0 Å². The predicted octanol–water partition coefficient (Wildman–Crippen LogP) is 8.21. The van der Waals surface area contributed by atoms with Gasteiger partial charge in [0, 0.05) is 0 Å². The molecule has 0 spiro atoms. The number of hydrogen-bond acceptors (Lipinski definition) is 0. The van der Waals surface area contributed by atoms with Gasteiger partial charge < -0.3 is 0 Å². The van der Waals surface area contributed by atoms with E-state index in [9.17, 15) is 0 Å². The molecule has 5 aromatic carbocycles. The average Bonchev–Trinajstić information content (AvgIpc) is 2.84. The Bertz CT molecular complexity index is 1380. The van der Waals surface area contributed by atoms with Crippen LogP contribution >= 0.6 is 0 Å². The van der Waals surface area contributed by atoms with Gasteiger partial charge in [-0.1, -0.05) is 91.0 Å². The summed E-state index contributed by atoms with van der Waals surface area (Å²) >= 11 is 0. The number of aryl methyl sites for hydroxylation is 2. The summed E-state index contributed by atoms with van der Waals surface area (Å²) < 4.78 is 0. The van der Waals surface area contributed by atoms with Crippen molar-refractivity contribution in [1.29, 1.82) is 0 Å². The second-order valence-electron chi connectivity index (χ2n) is 8.39. The highest BCUT2D eigenvalue weighted by molar-refractivity contribution is 6.16. The first-order chi connectivity index (χ1) is 14.9. The Hall–Kier alpha value is -3.38. The van der Waals surface area contributed by atoms with Crippen LogP contribution in [0.2, 0.25) is 0 Å². The van der Waals surface area contributed by atoms with Gasteiger partial charge >= 0.3 is 0 Å². The Kier molecular flexibility index (Phi) is 4.16. The van der Waals surface area contributed by atoms with Gasteiger partial charge in [-0.2, -0.15) is 0 Å². The zero-order chi connectivity index (χ0) is 19.9. The van der Waals surface area contributed by atoms with Crippen LogP contribution in [0.5, 0.6) is 0 Å². The van der Waals surface area contributed by atoms with E-state index in [1.807, 2.05) is 0 Å². The van der Waals surface area contributed by atoms with Crippen LogP contribution in [0.25, 0.3) is 43.8 Å². The molecule has 0 N–H and O–H groups in total.